The SMILES string of the molecule is C=C=CC(=O)Cc1ccc2ncnc(Nc3cccc(Br)c3)c2c1. The fourth-order valence-electron chi connectivity index (χ4n) is 2.38. The molecule has 1 heterocycles. The molecule has 0 aliphatic heterocycles. The molecule has 1 aromatic heterocycles. The lowest BCUT2D eigenvalue weighted by molar-refractivity contribution is -0.114. The van der Waals surface area contributed by atoms with Gasteiger partial charge in [0, 0.05) is 28.0 Å². The van der Waals surface area contributed by atoms with E-state index in [1.54, 1.807) is 0 Å². The predicted octanol–water partition coefficient (Wildman–Crippen LogP) is 4.59. The van der Waals surface area contributed by atoms with Crippen LogP contribution in [0.15, 0.2) is 71.7 Å². The molecule has 3 aromatic rings. The van der Waals surface area contributed by atoms with Gasteiger partial charge in [0.2, 0.25) is 0 Å². The van der Waals surface area contributed by atoms with Crippen LogP contribution in [0.3, 0.4) is 0 Å². The van der Waals surface area contributed by atoms with Crippen LogP contribution in [0, 0.1) is 0 Å². The number of nitrogens with zero attached hydrogens (tertiary/aromatic N) is 2. The predicted molar refractivity (Wildman–Crippen MR) is 99.4 cm³/mol. The summed E-state index contributed by atoms with van der Waals surface area (Å²) in [6.07, 6.45) is 3.17. The van der Waals surface area contributed by atoms with E-state index in [0.29, 0.717) is 12.2 Å². The molecular weight excluding hydrogens is 366 g/mol. The number of anilines is 2. The first-order chi connectivity index (χ1) is 11.7. The van der Waals surface area contributed by atoms with Gasteiger partial charge in [0.15, 0.2) is 5.78 Å². The Balaban J connectivity index is 1.98. The van der Waals surface area contributed by atoms with E-state index in [1.165, 1.54) is 12.4 Å². The van der Waals surface area contributed by atoms with Gasteiger partial charge in [-0.15, -0.1) is 5.73 Å². The minimum Gasteiger partial charge on any atom is -0.340 e. The van der Waals surface area contributed by atoms with Crippen molar-refractivity contribution in [1.82, 2.24) is 9.97 Å². The summed E-state index contributed by atoms with van der Waals surface area (Å²) >= 11 is 3.45. The number of carbonyl (C=O) groups is 1. The maximum Gasteiger partial charge on any atom is 0.167 e. The summed E-state index contributed by atoms with van der Waals surface area (Å²) in [5, 5.41) is 4.16. The minimum absolute atomic E-state index is 0.0392. The molecule has 0 saturated heterocycles. The Bertz CT molecular complexity index is 962. The fourth-order valence-corrected chi connectivity index (χ4v) is 2.78. The van der Waals surface area contributed by atoms with Gasteiger partial charge >= 0.3 is 0 Å². The van der Waals surface area contributed by atoms with Crippen LogP contribution in [0.5, 0.6) is 0 Å². The maximum atomic E-state index is 11.8. The van der Waals surface area contributed by atoms with Crippen LogP contribution in [0.4, 0.5) is 11.5 Å². The summed E-state index contributed by atoms with van der Waals surface area (Å²) in [5.41, 5.74) is 5.14. The van der Waals surface area contributed by atoms with Crippen molar-refractivity contribution in [3.63, 3.8) is 0 Å². The van der Waals surface area contributed by atoms with Gasteiger partial charge in [0.05, 0.1) is 5.52 Å². The third kappa shape index (κ3) is 3.77. The van der Waals surface area contributed by atoms with E-state index >= 15 is 0 Å². The molecule has 0 aliphatic carbocycles. The zero-order chi connectivity index (χ0) is 16.9. The molecule has 0 fully saturated rings. The van der Waals surface area contributed by atoms with Crippen molar-refractivity contribution in [2.45, 2.75) is 6.42 Å². The number of hydrogen-bond acceptors (Lipinski definition) is 4. The van der Waals surface area contributed by atoms with E-state index in [-0.39, 0.29) is 5.78 Å². The van der Waals surface area contributed by atoms with E-state index in [1.807, 2.05) is 42.5 Å². The lowest BCUT2D eigenvalue weighted by atomic mass is 10.1. The van der Waals surface area contributed by atoms with Crippen molar-refractivity contribution in [3.05, 3.63) is 77.2 Å². The maximum absolute atomic E-state index is 11.8. The van der Waals surface area contributed by atoms with Crippen molar-refractivity contribution >= 4 is 44.1 Å². The molecule has 0 saturated carbocycles. The van der Waals surface area contributed by atoms with Gasteiger partial charge in [-0.1, -0.05) is 34.6 Å². The van der Waals surface area contributed by atoms with Crippen LogP contribution in [0.2, 0.25) is 0 Å². The average molecular weight is 380 g/mol. The summed E-state index contributed by atoms with van der Waals surface area (Å²) in [6, 6.07) is 13.6. The molecule has 0 spiro atoms. The quantitative estimate of drug-likeness (QED) is 0.520. The first-order valence-corrected chi connectivity index (χ1v) is 8.10. The Labute approximate surface area is 148 Å². The van der Waals surface area contributed by atoms with Crippen LogP contribution in [0.25, 0.3) is 10.9 Å². The fraction of sp³-hybridized carbons (Fsp3) is 0.0526. The van der Waals surface area contributed by atoms with Gasteiger partial charge < -0.3 is 5.32 Å². The second-order valence-electron chi connectivity index (χ2n) is 5.20. The Morgan fingerprint density at radius 2 is 2.12 bits per heavy atom. The minimum atomic E-state index is -0.0392. The average Bonchev–Trinajstić information content (AvgIpc) is 2.56. The van der Waals surface area contributed by atoms with E-state index in [4.69, 9.17) is 0 Å². The smallest absolute Gasteiger partial charge is 0.167 e. The summed E-state index contributed by atoms with van der Waals surface area (Å²) in [6.45, 7) is 3.43. The highest BCUT2D eigenvalue weighted by molar-refractivity contribution is 9.10. The van der Waals surface area contributed by atoms with Crippen LogP contribution in [-0.2, 0) is 11.2 Å². The number of nitrogens with one attached hydrogen (secondary N) is 1. The number of ketones is 1. The molecule has 4 nitrogen and oxygen atoms in total. The standard InChI is InChI=1S/C19H14BrN3O/c1-2-4-16(24)9-13-7-8-18-17(10-13)19(22-12-21-18)23-15-6-3-5-14(20)11-15/h3-8,10-12H,1,9H2,(H,21,22,23). The first kappa shape index (κ1) is 16.1. The zero-order valence-electron chi connectivity index (χ0n) is 12.8. The van der Waals surface area contributed by atoms with Crippen LogP contribution in [0.1, 0.15) is 5.56 Å². The molecule has 0 aliphatic rings. The van der Waals surface area contributed by atoms with Crippen LogP contribution in [-0.4, -0.2) is 15.8 Å². The topological polar surface area (TPSA) is 54.9 Å². The number of benzene rings is 2. The molecule has 0 atom stereocenters. The highest BCUT2D eigenvalue weighted by atomic mass is 79.9. The van der Waals surface area contributed by atoms with E-state index in [9.17, 15) is 4.79 Å². The summed E-state index contributed by atoms with van der Waals surface area (Å²) in [7, 11) is 0. The third-order valence-corrected chi connectivity index (χ3v) is 3.92. The largest absolute Gasteiger partial charge is 0.340 e. The monoisotopic (exact) mass is 379 g/mol. The third-order valence-electron chi connectivity index (χ3n) is 3.43. The van der Waals surface area contributed by atoms with Gasteiger partial charge in [-0.2, -0.15) is 0 Å². The van der Waals surface area contributed by atoms with E-state index < -0.39 is 0 Å². The lowest BCUT2D eigenvalue weighted by Gasteiger charge is -2.09. The van der Waals surface area contributed by atoms with Crippen molar-refractivity contribution < 1.29 is 4.79 Å². The molecule has 0 unspecified atom stereocenters. The van der Waals surface area contributed by atoms with Crippen LogP contribution < -0.4 is 5.32 Å². The molecule has 3 rings (SSSR count). The molecule has 0 radical (unpaired) electrons. The second kappa shape index (κ2) is 7.21. The molecule has 0 bridgehead atoms. The molecule has 0 amide bonds. The van der Waals surface area contributed by atoms with Crippen molar-refractivity contribution in [2.75, 3.05) is 5.32 Å². The number of allylic oxidation sites excluding steroid dienone is 1. The van der Waals surface area contributed by atoms with Gasteiger partial charge in [0.25, 0.3) is 0 Å². The molecule has 5 heteroatoms. The normalized spacial score (nSPS) is 10.2. The Kier molecular flexibility index (Phi) is 4.85. The molecule has 2 aromatic carbocycles. The van der Waals surface area contributed by atoms with E-state index in [2.05, 4.69) is 43.5 Å². The number of rotatable bonds is 5. The molecule has 24 heavy (non-hydrogen) atoms. The Morgan fingerprint density at radius 1 is 1.25 bits per heavy atom. The number of fused-ring (bicyclic) bond motifs is 1. The molecular formula is C19H14BrN3O. The highest BCUT2D eigenvalue weighted by Crippen LogP contribution is 2.25. The Morgan fingerprint density at radius 3 is 2.92 bits per heavy atom. The van der Waals surface area contributed by atoms with Gasteiger partial charge in [0.1, 0.15) is 12.1 Å². The summed E-state index contributed by atoms with van der Waals surface area (Å²) in [5.74, 6) is 0.661. The van der Waals surface area contributed by atoms with Crippen molar-refractivity contribution in [1.29, 1.82) is 0 Å². The Hall–Kier alpha value is -2.75. The number of carbonyl (C=O) groups excluding carboxylic acids is 1. The van der Waals surface area contributed by atoms with Crippen molar-refractivity contribution in [2.24, 2.45) is 0 Å². The number of hydrogen-bond donors (Lipinski definition) is 1. The zero-order valence-corrected chi connectivity index (χ0v) is 14.4. The number of aromatic nitrogens is 2. The summed E-state index contributed by atoms with van der Waals surface area (Å²) < 4.78 is 0.980. The summed E-state index contributed by atoms with van der Waals surface area (Å²) in [4.78, 5) is 20.4. The van der Waals surface area contributed by atoms with Gasteiger partial charge in [-0.25, -0.2) is 9.97 Å². The molecule has 118 valence electrons. The van der Waals surface area contributed by atoms with E-state index in [0.717, 1.165) is 26.6 Å². The van der Waals surface area contributed by atoms with Crippen LogP contribution >= 0.6 is 15.9 Å². The molecule has 1 N–H and O–H groups in total. The highest BCUT2D eigenvalue weighted by Gasteiger charge is 2.07. The second-order valence-corrected chi connectivity index (χ2v) is 6.12. The lowest BCUT2D eigenvalue weighted by Crippen LogP contribution is -2.00. The number of halogens is 1. The van der Waals surface area contributed by atoms with Gasteiger partial charge in [-0.05, 0) is 35.9 Å². The first-order valence-electron chi connectivity index (χ1n) is 7.30. The van der Waals surface area contributed by atoms with Crippen molar-refractivity contribution in [3.8, 4) is 0 Å². The van der Waals surface area contributed by atoms with Gasteiger partial charge in [-0.3, -0.25) is 4.79 Å².